The molecular formula is C21H26N6O2. The Morgan fingerprint density at radius 3 is 2.90 bits per heavy atom. The summed E-state index contributed by atoms with van der Waals surface area (Å²) in [6.07, 6.45) is 1.68. The van der Waals surface area contributed by atoms with Crippen LogP contribution < -0.4 is 9.64 Å². The van der Waals surface area contributed by atoms with Gasteiger partial charge in [0, 0.05) is 30.5 Å². The van der Waals surface area contributed by atoms with E-state index in [0.29, 0.717) is 12.3 Å². The van der Waals surface area contributed by atoms with Gasteiger partial charge in [0.2, 0.25) is 5.91 Å². The fourth-order valence-corrected chi connectivity index (χ4v) is 3.88. The lowest BCUT2D eigenvalue weighted by atomic mass is 10.1. The van der Waals surface area contributed by atoms with Crippen molar-refractivity contribution in [3.63, 3.8) is 0 Å². The third-order valence-electron chi connectivity index (χ3n) is 5.53. The van der Waals surface area contributed by atoms with Crippen LogP contribution in [0.3, 0.4) is 0 Å². The Kier molecular flexibility index (Phi) is 5.08. The molecule has 0 N–H and O–H groups in total. The predicted molar refractivity (Wildman–Crippen MR) is 110 cm³/mol. The van der Waals surface area contributed by atoms with Gasteiger partial charge in [-0.15, -0.1) is 0 Å². The molecule has 2 aromatic heterocycles. The fourth-order valence-electron chi connectivity index (χ4n) is 3.88. The molecule has 1 atom stereocenters. The van der Waals surface area contributed by atoms with Crippen LogP contribution in [0.4, 0.5) is 5.69 Å². The quantitative estimate of drug-likeness (QED) is 0.659. The second-order valence-corrected chi connectivity index (χ2v) is 7.43. The third-order valence-corrected chi connectivity index (χ3v) is 5.53. The zero-order chi connectivity index (χ0) is 20.5. The van der Waals surface area contributed by atoms with E-state index >= 15 is 0 Å². The van der Waals surface area contributed by atoms with Crippen molar-refractivity contribution in [2.75, 3.05) is 31.6 Å². The highest BCUT2D eigenvalue weighted by Gasteiger charge is 2.27. The summed E-state index contributed by atoms with van der Waals surface area (Å²) < 4.78 is 7.84. The van der Waals surface area contributed by atoms with Crippen molar-refractivity contribution >= 4 is 17.4 Å². The molecule has 0 bridgehead atoms. The SMILES string of the molecule is CCN1C[C@H](CN(C)C(=O)Cc2c(C)nc3ncnn3c2C)Oc2ccccc21. The molecule has 0 aliphatic carbocycles. The van der Waals surface area contributed by atoms with Crippen LogP contribution in [0.2, 0.25) is 0 Å². The molecule has 0 saturated carbocycles. The summed E-state index contributed by atoms with van der Waals surface area (Å²) in [5, 5.41) is 4.20. The van der Waals surface area contributed by atoms with E-state index < -0.39 is 0 Å². The van der Waals surface area contributed by atoms with E-state index in [9.17, 15) is 4.79 Å². The summed E-state index contributed by atoms with van der Waals surface area (Å²) in [6, 6.07) is 8.05. The first-order valence-corrected chi connectivity index (χ1v) is 9.88. The average Bonchev–Trinajstić information content (AvgIpc) is 3.18. The fraction of sp³-hybridized carbons (Fsp3) is 0.429. The zero-order valence-electron chi connectivity index (χ0n) is 17.3. The Hall–Kier alpha value is -3.16. The number of para-hydroxylation sites is 2. The van der Waals surface area contributed by atoms with Crippen LogP contribution in [-0.4, -0.2) is 63.2 Å². The molecule has 0 saturated heterocycles. The Balaban J connectivity index is 1.47. The highest BCUT2D eigenvalue weighted by atomic mass is 16.5. The van der Waals surface area contributed by atoms with Crippen LogP contribution in [0.15, 0.2) is 30.6 Å². The molecule has 8 heteroatoms. The maximum atomic E-state index is 12.9. The van der Waals surface area contributed by atoms with E-state index in [-0.39, 0.29) is 18.4 Å². The number of carbonyl (C=O) groups is 1. The minimum atomic E-state index is -0.0723. The summed E-state index contributed by atoms with van der Waals surface area (Å²) in [7, 11) is 1.83. The van der Waals surface area contributed by atoms with Gasteiger partial charge < -0.3 is 14.5 Å². The summed E-state index contributed by atoms with van der Waals surface area (Å²) in [5.74, 6) is 1.46. The van der Waals surface area contributed by atoms with Gasteiger partial charge in [0.15, 0.2) is 0 Å². The Morgan fingerprint density at radius 2 is 2.10 bits per heavy atom. The van der Waals surface area contributed by atoms with Crippen molar-refractivity contribution < 1.29 is 9.53 Å². The van der Waals surface area contributed by atoms with Gasteiger partial charge in [-0.1, -0.05) is 12.1 Å². The van der Waals surface area contributed by atoms with Crippen molar-refractivity contribution in [2.45, 2.75) is 33.3 Å². The van der Waals surface area contributed by atoms with Crippen LogP contribution >= 0.6 is 0 Å². The normalized spacial score (nSPS) is 15.9. The molecule has 0 spiro atoms. The van der Waals surface area contributed by atoms with Gasteiger partial charge >= 0.3 is 0 Å². The van der Waals surface area contributed by atoms with E-state index in [1.807, 2.05) is 39.1 Å². The lowest BCUT2D eigenvalue weighted by molar-refractivity contribution is -0.130. The molecule has 29 heavy (non-hydrogen) atoms. The number of fused-ring (bicyclic) bond motifs is 2. The molecule has 0 radical (unpaired) electrons. The molecule has 8 nitrogen and oxygen atoms in total. The summed E-state index contributed by atoms with van der Waals surface area (Å²) in [5.41, 5.74) is 3.71. The second-order valence-electron chi connectivity index (χ2n) is 7.43. The number of aryl methyl sites for hydroxylation is 2. The first-order chi connectivity index (χ1) is 14.0. The molecule has 1 aliphatic heterocycles. The van der Waals surface area contributed by atoms with Crippen LogP contribution in [0, 0.1) is 13.8 Å². The predicted octanol–water partition coefficient (Wildman–Crippen LogP) is 2.03. The van der Waals surface area contributed by atoms with E-state index in [4.69, 9.17) is 4.74 Å². The lowest BCUT2D eigenvalue weighted by Crippen LogP contribution is -2.47. The van der Waals surface area contributed by atoms with Gasteiger partial charge in [0.1, 0.15) is 18.2 Å². The number of likely N-dealkylation sites (N-methyl/N-ethyl adjacent to an activating group) is 2. The molecular weight excluding hydrogens is 368 g/mol. The molecule has 0 unspecified atom stereocenters. The first-order valence-electron chi connectivity index (χ1n) is 9.88. The monoisotopic (exact) mass is 394 g/mol. The second kappa shape index (κ2) is 7.69. The maximum absolute atomic E-state index is 12.9. The first kappa shape index (κ1) is 19.2. The number of aromatic nitrogens is 4. The molecule has 4 rings (SSSR count). The van der Waals surface area contributed by atoms with Crippen molar-refractivity contribution in [2.24, 2.45) is 0 Å². The number of ether oxygens (including phenoxy) is 1. The minimum absolute atomic E-state index is 0.0305. The molecule has 152 valence electrons. The number of nitrogens with zero attached hydrogens (tertiary/aromatic N) is 6. The van der Waals surface area contributed by atoms with Crippen molar-refractivity contribution in [1.82, 2.24) is 24.5 Å². The summed E-state index contributed by atoms with van der Waals surface area (Å²) in [4.78, 5) is 25.6. The summed E-state index contributed by atoms with van der Waals surface area (Å²) >= 11 is 0. The Labute approximate surface area is 170 Å². The summed E-state index contributed by atoms with van der Waals surface area (Å²) in [6.45, 7) is 8.17. The Morgan fingerprint density at radius 1 is 1.31 bits per heavy atom. The highest BCUT2D eigenvalue weighted by Crippen LogP contribution is 2.32. The molecule has 3 heterocycles. The van der Waals surface area contributed by atoms with E-state index in [2.05, 4.69) is 33.0 Å². The van der Waals surface area contributed by atoms with E-state index in [1.165, 1.54) is 6.33 Å². The largest absolute Gasteiger partial charge is 0.485 e. The number of hydrogen-bond acceptors (Lipinski definition) is 6. The van der Waals surface area contributed by atoms with Crippen LogP contribution in [0.1, 0.15) is 23.9 Å². The van der Waals surface area contributed by atoms with Gasteiger partial charge in [-0.25, -0.2) is 9.50 Å². The van der Waals surface area contributed by atoms with Crippen LogP contribution in [-0.2, 0) is 11.2 Å². The highest BCUT2D eigenvalue weighted by molar-refractivity contribution is 5.79. The average molecular weight is 394 g/mol. The number of rotatable bonds is 5. The standard InChI is InChI=1S/C21H26N6O2/c1-5-26-12-16(29-19-9-7-6-8-18(19)26)11-25(4)20(28)10-17-14(2)24-21-22-13-23-27(21)15(17)3/h6-9,13,16H,5,10-12H2,1-4H3/t16-/m0/s1. The number of hydrogen-bond donors (Lipinski definition) is 0. The smallest absolute Gasteiger partial charge is 0.252 e. The van der Waals surface area contributed by atoms with Crippen LogP contribution in [0.25, 0.3) is 5.78 Å². The number of anilines is 1. The number of carbonyl (C=O) groups excluding carboxylic acids is 1. The van der Waals surface area contributed by atoms with Gasteiger partial charge in [0.25, 0.3) is 5.78 Å². The zero-order valence-corrected chi connectivity index (χ0v) is 17.3. The molecule has 1 aromatic carbocycles. The van der Waals surface area contributed by atoms with Gasteiger partial charge in [-0.2, -0.15) is 10.1 Å². The van der Waals surface area contributed by atoms with E-state index in [0.717, 1.165) is 41.5 Å². The third kappa shape index (κ3) is 3.62. The van der Waals surface area contributed by atoms with Crippen molar-refractivity contribution in [1.29, 1.82) is 0 Å². The van der Waals surface area contributed by atoms with E-state index in [1.54, 1.807) is 9.42 Å². The Bertz CT molecular complexity index is 1050. The molecule has 1 amide bonds. The van der Waals surface area contributed by atoms with Crippen molar-refractivity contribution in [3.8, 4) is 5.75 Å². The molecule has 0 fully saturated rings. The number of amides is 1. The topological polar surface area (TPSA) is 75.9 Å². The lowest BCUT2D eigenvalue weighted by Gasteiger charge is -2.37. The van der Waals surface area contributed by atoms with Gasteiger partial charge in [-0.3, -0.25) is 4.79 Å². The van der Waals surface area contributed by atoms with Gasteiger partial charge in [0.05, 0.1) is 25.2 Å². The number of benzene rings is 1. The minimum Gasteiger partial charge on any atom is -0.485 e. The van der Waals surface area contributed by atoms with Crippen molar-refractivity contribution in [3.05, 3.63) is 47.5 Å². The molecule has 1 aliphatic rings. The molecule has 3 aromatic rings. The van der Waals surface area contributed by atoms with Gasteiger partial charge in [-0.05, 0) is 32.9 Å². The van der Waals surface area contributed by atoms with Crippen LogP contribution in [0.5, 0.6) is 5.75 Å². The maximum Gasteiger partial charge on any atom is 0.252 e.